The number of ether oxygens (including phenoxy) is 4. The van der Waals surface area contributed by atoms with Gasteiger partial charge in [0.25, 0.3) is 5.88 Å². The molecule has 4 aromatic rings. The Balaban J connectivity index is 1.40. The van der Waals surface area contributed by atoms with Crippen molar-refractivity contribution < 1.29 is 52.7 Å². The average Bonchev–Trinajstić information content (AvgIpc) is 3.60. The van der Waals surface area contributed by atoms with E-state index in [9.17, 15) is 19.2 Å². The van der Waals surface area contributed by atoms with Crippen molar-refractivity contribution in [3.8, 4) is 23.1 Å². The molecular weight excluding hydrogens is 605 g/mol. The molecule has 0 radical (unpaired) electrons. The number of Topliss-reactive ketones (excluding diaryl/α,β-unsaturated/α-hetero) is 2. The third kappa shape index (κ3) is 7.38. The Hall–Kier alpha value is -4.30. The summed E-state index contributed by atoms with van der Waals surface area (Å²) in [6.45, 7) is 1.66. The molecule has 228 valence electrons. The zero-order valence-electron chi connectivity index (χ0n) is 23.4. The Bertz CT molecular complexity index is 1700. The lowest BCUT2D eigenvalue weighted by Gasteiger charge is -2.13. The van der Waals surface area contributed by atoms with Crippen LogP contribution in [0.5, 0.6) is 23.1 Å². The third-order valence-electron chi connectivity index (χ3n) is 6.36. The number of carboxylic acid groups (broad SMARTS) is 2. The van der Waals surface area contributed by atoms with E-state index < -0.39 is 23.7 Å². The SMILES string of the molecule is COc1cc2sc(C(=O)C[C@H](C)C(=O)O)cc2nc1OCCCOc1c(OC)cc2sc(C(=O)CCC(=O)O)cc2c1F. The number of fused-ring (bicyclic) bond motifs is 2. The average molecular weight is 634 g/mol. The van der Waals surface area contributed by atoms with E-state index >= 15 is 4.39 Å². The summed E-state index contributed by atoms with van der Waals surface area (Å²) >= 11 is 2.24. The van der Waals surface area contributed by atoms with Crippen LogP contribution in [-0.4, -0.2) is 66.1 Å². The summed E-state index contributed by atoms with van der Waals surface area (Å²) in [5, 5.41) is 18.1. The molecule has 0 spiro atoms. The van der Waals surface area contributed by atoms with Crippen molar-refractivity contribution in [3.63, 3.8) is 0 Å². The molecule has 1 atom stereocenters. The Morgan fingerprint density at radius 1 is 0.884 bits per heavy atom. The highest BCUT2D eigenvalue weighted by atomic mass is 32.1. The van der Waals surface area contributed by atoms with Crippen LogP contribution in [0.2, 0.25) is 0 Å². The molecular formula is C29H28FNO10S2. The van der Waals surface area contributed by atoms with Crippen LogP contribution >= 0.6 is 22.7 Å². The van der Waals surface area contributed by atoms with Gasteiger partial charge in [-0.15, -0.1) is 22.7 Å². The maximum absolute atomic E-state index is 15.4. The molecule has 0 amide bonds. The third-order valence-corrected chi connectivity index (χ3v) is 8.60. The van der Waals surface area contributed by atoms with E-state index in [1.165, 1.54) is 38.5 Å². The lowest BCUT2D eigenvalue weighted by molar-refractivity contribution is -0.141. The second-order valence-electron chi connectivity index (χ2n) is 9.47. The molecule has 3 aromatic heterocycles. The van der Waals surface area contributed by atoms with E-state index in [0.29, 0.717) is 32.0 Å². The molecule has 43 heavy (non-hydrogen) atoms. The molecule has 0 bridgehead atoms. The van der Waals surface area contributed by atoms with Crippen molar-refractivity contribution in [3.05, 3.63) is 39.8 Å². The molecule has 0 unspecified atom stereocenters. The molecule has 0 saturated carbocycles. The number of hydrogen-bond donors (Lipinski definition) is 2. The number of rotatable bonds is 16. The minimum atomic E-state index is -1.09. The molecule has 1 aromatic carbocycles. The topological polar surface area (TPSA) is 159 Å². The van der Waals surface area contributed by atoms with Crippen molar-refractivity contribution >= 4 is 66.5 Å². The first-order valence-corrected chi connectivity index (χ1v) is 14.7. The van der Waals surface area contributed by atoms with Gasteiger partial charge in [-0.2, -0.15) is 0 Å². The van der Waals surface area contributed by atoms with Crippen LogP contribution in [0.3, 0.4) is 0 Å². The number of aromatic nitrogens is 1. The van der Waals surface area contributed by atoms with Gasteiger partial charge in [-0.05, 0) is 12.1 Å². The highest BCUT2D eigenvalue weighted by Gasteiger charge is 2.22. The molecule has 4 rings (SSSR count). The Morgan fingerprint density at radius 2 is 1.53 bits per heavy atom. The van der Waals surface area contributed by atoms with Gasteiger partial charge in [-0.3, -0.25) is 19.2 Å². The zero-order chi connectivity index (χ0) is 31.3. The molecule has 14 heteroatoms. The first-order valence-electron chi connectivity index (χ1n) is 13.1. The van der Waals surface area contributed by atoms with Gasteiger partial charge in [0, 0.05) is 41.5 Å². The normalized spacial score (nSPS) is 11.8. The van der Waals surface area contributed by atoms with Crippen LogP contribution in [0, 0.1) is 11.7 Å². The predicted octanol–water partition coefficient (Wildman–Crippen LogP) is 5.86. The van der Waals surface area contributed by atoms with Crippen LogP contribution in [0.1, 0.15) is 52.0 Å². The largest absolute Gasteiger partial charge is 0.493 e. The van der Waals surface area contributed by atoms with Crippen LogP contribution in [0.25, 0.3) is 20.3 Å². The maximum Gasteiger partial charge on any atom is 0.306 e. The van der Waals surface area contributed by atoms with E-state index in [1.807, 2.05) is 0 Å². The van der Waals surface area contributed by atoms with Crippen LogP contribution in [-0.2, 0) is 9.59 Å². The molecule has 0 aliphatic carbocycles. The number of carboxylic acids is 2. The summed E-state index contributed by atoms with van der Waals surface area (Å²) < 4.78 is 38.7. The van der Waals surface area contributed by atoms with E-state index in [0.717, 1.165) is 11.3 Å². The quantitative estimate of drug-likeness (QED) is 0.112. The first-order chi connectivity index (χ1) is 20.5. The molecule has 0 saturated heterocycles. The number of nitrogens with zero attached hydrogens (tertiary/aromatic N) is 1. The molecule has 0 fully saturated rings. The predicted molar refractivity (Wildman–Crippen MR) is 157 cm³/mol. The number of pyridine rings is 1. The van der Waals surface area contributed by atoms with Crippen LogP contribution < -0.4 is 18.9 Å². The molecule has 3 heterocycles. The molecule has 0 aliphatic heterocycles. The minimum absolute atomic E-state index is 0.0523. The Labute approximate surface area is 252 Å². The number of methoxy groups -OCH3 is 2. The zero-order valence-corrected chi connectivity index (χ0v) is 25.1. The number of halogens is 1. The number of carbonyl (C=O) groups is 4. The fourth-order valence-corrected chi connectivity index (χ4v) is 6.09. The van der Waals surface area contributed by atoms with Gasteiger partial charge in [0.2, 0.25) is 0 Å². The summed E-state index contributed by atoms with van der Waals surface area (Å²) in [5.41, 5.74) is 0.500. The monoisotopic (exact) mass is 633 g/mol. The van der Waals surface area contributed by atoms with Gasteiger partial charge in [0.1, 0.15) is 0 Å². The molecule has 11 nitrogen and oxygen atoms in total. The van der Waals surface area contributed by atoms with Crippen molar-refractivity contribution in [1.29, 1.82) is 0 Å². The summed E-state index contributed by atoms with van der Waals surface area (Å²) in [6, 6.07) is 6.23. The van der Waals surface area contributed by atoms with Crippen LogP contribution in [0.4, 0.5) is 4.39 Å². The van der Waals surface area contributed by atoms with E-state index in [2.05, 4.69) is 4.98 Å². The van der Waals surface area contributed by atoms with E-state index in [4.69, 9.17) is 29.2 Å². The van der Waals surface area contributed by atoms with Gasteiger partial charge in [-0.25, -0.2) is 9.37 Å². The number of thiophene rings is 2. The number of ketones is 2. The van der Waals surface area contributed by atoms with Gasteiger partial charge < -0.3 is 29.2 Å². The van der Waals surface area contributed by atoms with E-state index in [1.54, 1.807) is 18.2 Å². The minimum Gasteiger partial charge on any atom is -0.493 e. The smallest absolute Gasteiger partial charge is 0.306 e. The maximum atomic E-state index is 15.4. The number of carbonyl (C=O) groups excluding carboxylic acids is 2. The van der Waals surface area contributed by atoms with Crippen molar-refractivity contribution in [2.45, 2.75) is 32.6 Å². The first kappa shape index (κ1) is 31.6. The lowest BCUT2D eigenvalue weighted by atomic mass is 10.0. The second kappa shape index (κ2) is 13.8. The highest BCUT2D eigenvalue weighted by molar-refractivity contribution is 7.21. The van der Waals surface area contributed by atoms with Gasteiger partial charge in [-0.1, -0.05) is 6.92 Å². The number of aliphatic carboxylic acids is 2. The summed E-state index contributed by atoms with van der Waals surface area (Å²) in [6.07, 6.45) is -0.299. The summed E-state index contributed by atoms with van der Waals surface area (Å²) in [5.74, 6) is -3.76. The number of hydrogen-bond acceptors (Lipinski definition) is 11. The fourth-order valence-electron chi connectivity index (χ4n) is 4.05. The molecule has 2 N–H and O–H groups in total. The van der Waals surface area contributed by atoms with Gasteiger partial charge >= 0.3 is 11.9 Å². The summed E-state index contributed by atoms with van der Waals surface area (Å²) in [4.78, 5) is 51.8. The Morgan fingerprint density at radius 3 is 2.21 bits per heavy atom. The van der Waals surface area contributed by atoms with E-state index in [-0.39, 0.29) is 71.7 Å². The molecule has 0 aliphatic rings. The van der Waals surface area contributed by atoms with Crippen molar-refractivity contribution in [2.75, 3.05) is 27.4 Å². The van der Waals surface area contributed by atoms with Crippen molar-refractivity contribution in [2.24, 2.45) is 5.92 Å². The number of benzene rings is 1. The standard InChI is InChI=1S/C29H28FNO10S2/c1-14(29(36)37)9-18(33)24-11-16-22(43-24)13-20(39-3)28(31-16)41-8-4-7-40-27-19(38-2)12-21-15(26(27)30)10-23(42-21)17(32)5-6-25(34)35/h10-14H,4-9H2,1-3H3,(H,34,35)(H,36,37)/t14-/m0/s1. The lowest BCUT2D eigenvalue weighted by Crippen LogP contribution is -2.13. The van der Waals surface area contributed by atoms with Crippen LogP contribution in [0.15, 0.2) is 24.3 Å². The highest BCUT2D eigenvalue weighted by Crippen LogP contribution is 2.40. The fraction of sp³-hybridized carbons (Fsp3) is 0.345. The summed E-state index contributed by atoms with van der Waals surface area (Å²) in [7, 11) is 2.82. The van der Waals surface area contributed by atoms with Gasteiger partial charge in [0.15, 0.2) is 34.6 Å². The second-order valence-corrected chi connectivity index (χ2v) is 11.6. The van der Waals surface area contributed by atoms with Gasteiger partial charge in [0.05, 0.1) is 59.7 Å². The Kier molecular flexibility index (Phi) is 10.1. The van der Waals surface area contributed by atoms with Crippen molar-refractivity contribution in [1.82, 2.24) is 4.98 Å².